The number of nitrogens with zero attached hydrogens (tertiary/aromatic N) is 2. The fraction of sp³-hybridized carbons (Fsp3) is 0.714. The van der Waals surface area contributed by atoms with Crippen LogP contribution in [0.5, 0.6) is 0 Å². The molecule has 2 rings (SSSR count). The van der Waals surface area contributed by atoms with Crippen LogP contribution in [0.3, 0.4) is 0 Å². The van der Waals surface area contributed by atoms with Crippen LogP contribution in [0.2, 0.25) is 0 Å². The van der Waals surface area contributed by atoms with Gasteiger partial charge in [0.15, 0.2) is 5.96 Å². The number of rotatable bonds is 8. The molecule has 2 N–H and O–H groups in total. The number of halogens is 1. The molecule has 0 atom stereocenters. The molecule has 120 valence electrons. The van der Waals surface area contributed by atoms with Crippen LogP contribution in [0.25, 0.3) is 0 Å². The molecule has 1 fully saturated rings. The van der Waals surface area contributed by atoms with E-state index in [0.717, 1.165) is 44.6 Å². The summed E-state index contributed by atoms with van der Waals surface area (Å²) < 4.78 is 5.58. The summed E-state index contributed by atoms with van der Waals surface area (Å²) >= 11 is 1.75. The molecule has 21 heavy (non-hydrogen) atoms. The van der Waals surface area contributed by atoms with Gasteiger partial charge in [-0.05, 0) is 25.7 Å². The van der Waals surface area contributed by atoms with E-state index in [1.54, 1.807) is 18.4 Å². The highest BCUT2D eigenvalue weighted by Gasteiger charge is 2.20. The average Bonchev–Trinajstić information content (AvgIpc) is 3.18. The maximum atomic E-state index is 5.58. The molecule has 1 heterocycles. The Hall–Kier alpha value is -0.410. The van der Waals surface area contributed by atoms with Crippen LogP contribution >= 0.6 is 35.3 Å². The third-order valence-electron chi connectivity index (χ3n) is 3.11. The van der Waals surface area contributed by atoms with E-state index < -0.39 is 0 Å². The molecule has 0 bridgehead atoms. The van der Waals surface area contributed by atoms with Crippen LogP contribution in [0.4, 0.5) is 0 Å². The Morgan fingerprint density at radius 3 is 2.81 bits per heavy atom. The lowest BCUT2D eigenvalue weighted by Gasteiger charge is -2.11. The molecule has 1 aliphatic carbocycles. The monoisotopic (exact) mass is 424 g/mol. The van der Waals surface area contributed by atoms with Gasteiger partial charge < -0.3 is 15.4 Å². The summed E-state index contributed by atoms with van der Waals surface area (Å²) in [7, 11) is 1.79. The maximum Gasteiger partial charge on any atom is 0.191 e. The molecule has 7 heteroatoms. The standard InChI is InChI=1S/C14H24N4OS.HI/c1-11-9-18-13(20-11)5-6-16-14(15-2)17-7-8-19-10-12-3-4-12;/h9,12H,3-8,10H2,1-2H3,(H2,15,16,17);1H. The van der Waals surface area contributed by atoms with Crippen LogP contribution in [0.15, 0.2) is 11.2 Å². The molecule has 1 aromatic rings. The van der Waals surface area contributed by atoms with Gasteiger partial charge >= 0.3 is 0 Å². The van der Waals surface area contributed by atoms with Gasteiger partial charge in [0.2, 0.25) is 0 Å². The van der Waals surface area contributed by atoms with Crippen molar-refractivity contribution in [3.05, 3.63) is 16.1 Å². The van der Waals surface area contributed by atoms with Crippen molar-refractivity contribution in [3.63, 3.8) is 0 Å². The first-order valence-electron chi connectivity index (χ1n) is 7.21. The minimum absolute atomic E-state index is 0. The van der Waals surface area contributed by atoms with Crippen LogP contribution in [0.1, 0.15) is 22.7 Å². The largest absolute Gasteiger partial charge is 0.379 e. The third kappa shape index (κ3) is 7.96. The Morgan fingerprint density at radius 1 is 1.43 bits per heavy atom. The van der Waals surface area contributed by atoms with E-state index in [9.17, 15) is 0 Å². The van der Waals surface area contributed by atoms with Crippen LogP contribution in [-0.4, -0.2) is 44.3 Å². The van der Waals surface area contributed by atoms with E-state index >= 15 is 0 Å². The second-order valence-corrected chi connectivity index (χ2v) is 6.38. The Bertz CT molecular complexity index is 434. The van der Waals surface area contributed by atoms with E-state index in [0.29, 0.717) is 0 Å². The van der Waals surface area contributed by atoms with Crippen molar-refractivity contribution in [2.45, 2.75) is 26.2 Å². The molecule has 1 aliphatic rings. The summed E-state index contributed by atoms with van der Waals surface area (Å²) in [5.41, 5.74) is 0. The Morgan fingerprint density at radius 2 is 2.19 bits per heavy atom. The molecule has 0 amide bonds. The number of ether oxygens (including phenoxy) is 1. The molecule has 0 aliphatic heterocycles. The minimum atomic E-state index is 0. The Balaban J connectivity index is 0.00000220. The van der Waals surface area contributed by atoms with Crippen LogP contribution < -0.4 is 10.6 Å². The zero-order valence-corrected chi connectivity index (χ0v) is 15.9. The van der Waals surface area contributed by atoms with Gasteiger partial charge in [-0.25, -0.2) is 4.98 Å². The number of hydrogen-bond donors (Lipinski definition) is 2. The van der Waals surface area contributed by atoms with Crippen molar-refractivity contribution in [1.29, 1.82) is 0 Å². The first-order chi connectivity index (χ1) is 9.78. The number of aromatic nitrogens is 1. The van der Waals surface area contributed by atoms with Gasteiger partial charge in [-0.2, -0.15) is 0 Å². The summed E-state index contributed by atoms with van der Waals surface area (Å²) in [5.74, 6) is 1.66. The van der Waals surface area contributed by atoms with E-state index in [2.05, 4.69) is 27.5 Å². The number of thiazole rings is 1. The lowest BCUT2D eigenvalue weighted by molar-refractivity contribution is 0.129. The van der Waals surface area contributed by atoms with Crippen molar-refractivity contribution < 1.29 is 4.74 Å². The zero-order chi connectivity index (χ0) is 14.2. The van der Waals surface area contributed by atoms with E-state index in [-0.39, 0.29) is 24.0 Å². The highest BCUT2D eigenvalue weighted by Crippen LogP contribution is 2.28. The number of aliphatic imine (C=N–C) groups is 1. The van der Waals surface area contributed by atoms with Crippen molar-refractivity contribution in [3.8, 4) is 0 Å². The first-order valence-corrected chi connectivity index (χ1v) is 8.03. The van der Waals surface area contributed by atoms with Gasteiger partial charge in [0.25, 0.3) is 0 Å². The molecular weight excluding hydrogens is 399 g/mol. The zero-order valence-electron chi connectivity index (χ0n) is 12.7. The summed E-state index contributed by atoms with van der Waals surface area (Å²) in [4.78, 5) is 9.80. The van der Waals surface area contributed by atoms with Crippen molar-refractivity contribution >= 4 is 41.3 Å². The SMILES string of the molecule is CN=C(NCCOCC1CC1)NCCc1ncc(C)s1.I. The van der Waals surface area contributed by atoms with Crippen LogP contribution in [0, 0.1) is 12.8 Å². The highest BCUT2D eigenvalue weighted by atomic mass is 127. The molecule has 0 spiro atoms. The summed E-state index contributed by atoms with van der Waals surface area (Å²) in [6, 6.07) is 0. The fourth-order valence-electron chi connectivity index (χ4n) is 1.80. The minimum Gasteiger partial charge on any atom is -0.379 e. The predicted molar refractivity (Wildman–Crippen MR) is 98.9 cm³/mol. The Kier molecular flexibility index (Phi) is 9.18. The summed E-state index contributed by atoms with van der Waals surface area (Å²) in [6.45, 7) is 5.37. The van der Waals surface area contributed by atoms with Gasteiger partial charge in [0.05, 0.1) is 11.6 Å². The van der Waals surface area contributed by atoms with Gasteiger partial charge in [0.1, 0.15) is 0 Å². The summed E-state index contributed by atoms with van der Waals surface area (Å²) in [5, 5.41) is 7.71. The predicted octanol–water partition coefficient (Wildman–Crippen LogP) is 2.20. The molecule has 0 aromatic carbocycles. The first kappa shape index (κ1) is 18.6. The van der Waals surface area contributed by atoms with Gasteiger partial charge in [0, 0.05) is 44.2 Å². The lowest BCUT2D eigenvalue weighted by Crippen LogP contribution is -2.39. The van der Waals surface area contributed by atoms with Gasteiger partial charge in [-0.1, -0.05) is 0 Å². The quantitative estimate of drug-likeness (QED) is 0.291. The van der Waals surface area contributed by atoms with Crippen molar-refractivity contribution in [2.75, 3.05) is 33.4 Å². The van der Waals surface area contributed by atoms with E-state index in [1.165, 1.54) is 22.7 Å². The maximum absolute atomic E-state index is 5.58. The van der Waals surface area contributed by atoms with Gasteiger partial charge in [-0.3, -0.25) is 4.99 Å². The number of nitrogens with one attached hydrogen (secondary N) is 2. The topological polar surface area (TPSA) is 58.5 Å². The normalized spacial score (nSPS) is 14.7. The lowest BCUT2D eigenvalue weighted by atomic mass is 10.4. The molecule has 0 unspecified atom stereocenters. The Labute approximate surface area is 148 Å². The van der Waals surface area contributed by atoms with Crippen molar-refractivity contribution in [1.82, 2.24) is 15.6 Å². The van der Waals surface area contributed by atoms with Crippen molar-refractivity contribution in [2.24, 2.45) is 10.9 Å². The highest BCUT2D eigenvalue weighted by molar-refractivity contribution is 14.0. The smallest absolute Gasteiger partial charge is 0.191 e. The summed E-state index contributed by atoms with van der Waals surface area (Å²) in [6.07, 6.45) is 5.53. The molecule has 1 saturated carbocycles. The molecule has 5 nitrogen and oxygen atoms in total. The van der Waals surface area contributed by atoms with E-state index in [4.69, 9.17) is 4.74 Å². The average molecular weight is 424 g/mol. The molecule has 1 aromatic heterocycles. The fourth-order valence-corrected chi connectivity index (χ4v) is 2.59. The number of aryl methyl sites for hydroxylation is 1. The molecular formula is C14H25IN4OS. The number of hydrogen-bond acceptors (Lipinski definition) is 4. The third-order valence-corrected chi connectivity index (χ3v) is 4.09. The van der Waals surface area contributed by atoms with Crippen LogP contribution in [-0.2, 0) is 11.2 Å². The second-order valence-electron chi connectivity index (χ2n) is 5.06. The number of guanidine groups is 1. The molecule has 0 radical (unpaired) electrons. The second kappa shape index (κ2) is 10.3. The molecule has 0 saturated heterocycles. The van der Waals surface area contributed by atoms with Gasteiger partial charge in [-0.15, -0.1) is 35.3 Å². The van der Waals surface area contributed by atoms with E-state index in [1.807, 2.05) is 6.20 Å².